The van der Waals surface area contributed by atoms with Crippen molar-refractivity contribution in [3.63, 3.8) is 0 Å². The summed E-state index contributed by atoms with van der Waals surface area (Å²) in [6.07, 6.45) is 4.31. The second kappa shape index (κ2) is 12.4. The molecule has 10 nitrogen and oxygen atoms in total. The molecule has 1 aliphatic heterocycles. The van der Waals surface area contributed by atoms with Crippen LogP contribution in [0, 0.1) is 5.92 Å². The molecule has 1 heterocycles. The third kappa shape index (κ3) is 8.02. The number of carbonyl (C=O) groups is 4. The number of esters is 3. The van der Waals surface area contributed by atoms with Crippen LogP contribution < -0.4 is 14.4 Å². The molecule has 1 amide bonds. The van der Waals surface area contributed by atoms with Gasteiger partial charge >= 0.3 is 17.9 Å². The molecule has 2 aromatic carbocycles. The number of anilines is 1. The van der Waals surface area contributed by atoms with Gasteiger partial charge in [0.15, 0.2) is 12.4 Å². The van der Waals surface area contributed by atoms with Gasteiger partial charge in [-0.25, -0.2) is 9.59 Å². The lowest BCUT2D eigenvalue weighted by atomic mass is 10.1. The predicted octanol–water partition coefficient (Wildman–Crippen LogP) is 5.85. The largest absolute Gasteiger partial charge is 0.481 e. The maximum atomic E-state index is 14.1. The Labute approximate surface area is 246 Å². The molecular weight excluding hydrogens is 542 g/mol. The van der Waals surface area contributed by atoms with Crippen LogP contribution in [0.1, 0.15) is 87.9 Å². The van der Waals surface area contributed by atoms with E-state index in [0.717, 1.165) is 25.7 Å². The van der Waals surface area contributed by atoms with Crippen LogP contribution in [0.3, 0.4) is 0 Å². The SMILES string of the molecule is CC(C)(C)OC(=O)COc1cccc2c1C(=O)N(CC(=O)OC(C)(C)C)c1cc(C(=O)OCC3CCCC3)ccc1O2. The molecule has 42 heavy (non-hydrogen) atoms. The molecule has 2 aliphatic rings. The number of amides is 1. The summed E-state index contributed by atoms with van der Waals surface area (Å²) in [4.78, 5) is 53.6. The Hall–Kier alpha value is -4.08. The van der Waals surface area contributed by atoms with Gasteiger partial charge in [0.25, 0.3) is 5.91 Å². The normalized spacial score (nSPS) is 15.2. The van der Waals surface area contributed by atoms with Gasteiger partial charge < -0.3 is 23.7 Å². The molecule has 10 heteroatoms. The van der Waals surface area contributed by atoms with Gasteiger partial charge in [-0.3, -0.25) is 14.5 Å². The van der Waals surface area contributed by atoms with E-state index in [4.69, 9.17) is 23.7 Å². The minimum absolute atomic E-state index is 0.00572. The highest BCUT2D eigenvalue weighted by molar-refractivity contribution is 6.13. The van der Waals surface area contributed by atoms with Crippen LogP contribution in [0.2, 0.25) is 0 Å². The minimum atomic E-state index is -0.795. The fourth-order valence-corrected chi connectivity index (χ4v) is 4.85. The zero-order chi connectivity index (χ0) is 30.7. The Morgan fingerprint density at radius 1 is 0.905 bits per heavy atom. The van der Waals surface area contributed by atoms with E-state index in [0.29, 0.717) is 12.5 Å². The molecule has 0 spiro atoms. The molecule has 1 fully saturated rings. The molecular formula is C32H39NO9. The summed E-state index contributed by atoms with van der Waals surface area (Å²) in [6, 6.07) is 9.31. The molecule has 1 aliphatic carbocycles. The van der Waals surface area contributed by atoms with Gasteiger partial charge in [0.1, 0.15) is 34.8 Å². The third-order valence-electron chi connectivity index (χ3n) is 6.55. The number of carbonyl (C=O) groups excluding carboxylic acids is 4. The van der Waals surface area contributed by atoms with Gasteiger partial charge in [0.2, 0.25) is 0 Å². The lowest BCUT2D eigenvalue weighted by Gasteiger charge is -2.25. The van der Waals surface area contributed by atoms with Gasteiger partial charge in [-0.2, -0.15) is 0 Å². The van der Waals surface area contributed by atoms with Crippen LogP contribution >= 0.6 is 0 Å². The standard InChI is InChI=1S/C32H39NO9/c1-31(2,3)41-26(34)17-33-22-16-21(30(37)39-18-20-10-7-8-11-20)14-15-23(22)40-25-13-9-12-24(28(25)29(33)36)38-19-27(35)42-32(4,5)6/h9,12-16,20H,7-8,10-11,17-19H2,1-6H3. The molecule has 0 atom stereocenters. The van der Waals surface area contributed by atoms with Crippen molar-refractivity contribution in [1.82, 2.24) is 0 Å². The van der Waals surface area contributed by atoms with E-state index in [-0.39, 0.29) is 34.1 Å². The van der Waals surface area contributed by atoms with Crippen LogP contribution in [0.25, 0.3) is 0 Å². The number of ether oxygens (including phenoxy) is 5. The van der Waals surface area contributed by atoms with Crippen molar-refractivity contribution in [2.45, 2.75) is 78.4 Å². The summed E-state index contributed by atoms with van der Waals surface area (Å²) < 4.78 is 28.2. The monoisotopic (exact) mass is 581 g/mol. The average molecular weight is 582 g/mol. The highest BCUT2D eigenvalue weighted by Crippen LogP contribution is 2.42. The summed E-state index contributed by atoms with van der Waals surface area (Å²) in [5, 5.41) is 0. The summed E-state index contributed by atoms with van der Waals surface area (Å²) in [7, 11) is 0. The number of hydrogen-bond acceptors (Lipinski definition) is 9. The first-order valence-corrected chi connectivity index (χ1v) is 14.2. The van der Waals surface area contributed by atoms with E-state index in [1.165, 1.54) is 17.0 Å². The first-order chi connectivity index (χ1) is 19.7. The molecule has 0 N–H and O–H groups in total. The van der Waals surface area contributed by atoms with Crippen LogP contribution in [-0.4, -0.2) is 54.8 Å². The molecule has 226 valence electrons. The molecule has 4 rings (SSSR count). The molecule has 0 saturated heterocycles. The van der Waals surface area contributed by atoms with Gasteiger partial charge in [-0.15, -0.1) is 0 Å². The van der Waals surface area contributed by atoms with Gasteiger partial charge in [-0.1, -0.05) is 18.9 Å². The van der Waals surface area contributed by atoms with E-state index in [1.54, 1.807) is 65.8 Å². The van der Waals surface area contributed by atoms with Crippen molar-refractivity contribution in [3.8, 4) is 17.2 Å². The van der Waals surface area contributed by atoms with Gasteiger partial charge in [-0.05, 0) is 90.6 Å². The first-order valence-electron chi connectivity index (χ1n) is 14.2. The van der Waals surface area contributed by atoms with Crippen molar-refractivity contribution >= 4 is 29.5 Å². The zero-order valence-electron chi connectivity index (χ0n) is 25.1. The zero-order valence-corrected chi connectivity index (χ0v) is 25.1. The van der Waals surface area contributed by atoms with Crippen LogP contribution in [0.15, 0.2) is 36.4 Å². The number of fused-ring (bicyclic) bond motifs is 2. The van der Waals surface area contributed by atoms with Crippen LogP contribution in [0.4, 0.5) is 5.69 Å². The highest BCUT2D eigenvalue weighted by atomic mass is 16.6. The summed E-state index contributed by atoms with van der Waals surface area (Å²) >= 11 is 0. The smallest absolute Gasteiger partial charge is 0.344 e. The van der Waals surface area contributed by atoms with Crippen molar-refractivity contribution in [3.05, 3.63) is 47.5 Å². The first kappa shape index (κ1) is 30.9. The lowest BCUT2D eigenvalue weighted by Crippen LogP contribution is -2.39. The van der Waals surface area contributed by atoms with E-state index in [9.17, 15) is 19.2 Å². The Bertz CT molecular complexity index is 1350. The topological polar surface area (TPSA) is 118 Å². The molecule has 0 bridgehead atoms. The molecule has 2 aromatic rings. The van der Waals surface area contributed by atoms with Crippen molar-refractivity contribution in [2.75, 3.05) is 24.7 Å². The second-order valence-electron chi connectivity index (χ2n) is 12.5. The number of benzene rings is 2. The van der Waals surface area contributed by atoms with E-state index in [2.05, 4.69) is 0 Å². The van der Waals surface area contributed by atoms with Crippen molar-refractivity contribution in [1.29, 1.82) is 0 Å². The Morgan fingerprint density at radius 3 is 2.24 bits per heavy atom. The molecule has 0 unspecified atom stereocenters. The second-order valence-corrected chi connectivity index (χ2v) is 12.5. The van der Waals surface area contributed by atoms with E-state index in [1.807, 2.05) is 0 Å². The van der Waals surface area contributed by atoms with Gasteiger partial charge in [0, 0.05) is 0 Å². The van der Waals surface area contributed by atoms with Crippen LogP contribution in [0.5, 0.6) is 17.2 Å². The molecule has 1 saturated carbocycles. The van der Waals surface area contributed by atoms with Crippen LogP contribution in [-0.2, 0) is 23.8 Å². The van der Waals surface area contributed by atoms with Gasteiger partial charge in [0.05, 0.1) is 17.9 Å². The highest BCUT2D eigenvalue weighted by Gasteiger charge is 2.34. The summed E-state index contributed by atoms with van der Waals surface area (Å²) in [6.45, 7) is 9.80. The maximum Gasteiger partial charge on any atom is 0.344 e. The fourth-order valence-electron chi connectivity index (χ4n) is 4.85. The number of nitrogens with zero attached hydrogens (tertiary/aromatic N) is 1. The van der Waals surface area contributed by atoms with E-state index < -0.39 is 48.2 Å². The van der Waals surface area contributed by atoms with Crippen molar-refractivity contribution < 1.29 is 42.9 Å². The predicted molar refractivity (Wildman–Crippen MR) is 154 cm³/mol. The minimum Gasteiger partial charge on any atom is -0.481 e. The molecule has 0 radical (unpaired) electrons. The third-order valence-corrected chi connectivity index (χ3v) is 6.55. The Kier molecular flexibility index (Phi) is 9.13. The maximum absolute atomic E-state index is 14.1. The van der Waals surface area contributed by atoms with E-state index >= 15 is 0 Å². The number of hydrogen-bond donors (Lipinski definition) is 0. The number of rotatable bonds is 8. The lowest BCUT2D eigenvalue weighted by molar-refractivity contribution is -0.157. The average Bonchev–Trinajstić information content (AvgIpc) is 3.37. The van der Waals surface area contributed by atoms with Crippen molar-refractivity contribution in [2.24, 2.45) is 5.92 Å². The Morgan fingerprint density at radius 2 is 1.57 bits per heavy atom. The summed E-state index contributed by atoms with van der Waals surface area (Å²) in [5.74, 6) is -1.63. The summed E-state index contributed by atoms with van der Waals surface area (Å²) in [5.41, 5.74) is -1.10. The quantitative estimate of drug-likeness (QED) is 0.279. The molecule has 0 aromatic heterocycles. The Balaban J connectivity index is 1.66. The fraction of sp³-hybridized carbons (Fsp3) is 0.500.